The number of hydrogen-bond acceptors (Lipinski definition) is 2. The average molecular weight is 158 g/mol. The monoisotopic (exact) mass is 158 g/mol. The summed E-state index contributed by atoms with van der Waals surface area (Å²) in [6, 6.07) is 5.66. The zero-order chi connectivity index (χ0) is 8.39. The summed E-state index contributed by atoms with van der Waals surface area (Å²) >= 11 is 0. The van der Waals surface area contributed by atoms with Gasteiger partial charge in [-0.1, -0.05) is 0 Å². The normalized spacial score (nSPS) is 10.1. The van der Waals surface area contributed by atoms with Crippen LogP contribution in [0, 0.1) is 13.1 Å². The summed E-state index contributed by atoms with van der Waals surface area (Å²) in [6.07, 6.45) is 6.37. The number of pyridine rings is 1. The summed E-state index contributed by atoms with van der Waals surface area (Å²) in [6.45, 7) is 1.96. The van der Waals surface area contributed by atoms with Crippen molar-refractivity contribution < 1.29 is 0 Å². The Hall–Kier alpha value is -1.64. The average Bonchev–Trinajstić information content (AvgIpc) is 2.56. The summed E-state index contributed by atoms with van der Waals surface area (Å²) < 4.78 is 1.76. The molecule has 0 aliphatic rings. The van der Waals surface area contributed by atoms with E-state index in [4.69, 9.17) is 0 Å². The predicted octanol–water partition coefficient (Wildman–Crippen LogP) is 1.38. The molecule has 3 nitrogen and oxygen atoms in total. The second-order valence-corrected chi connectivity index (χ2v) is 2.54. The molecule has 0 aliphatic carbocycles. The van der Waals surface area contributed by atoms with Crippen molar-refractivity contribution in [3.8, 4) is 5.69 Å². The number of aromatic nitrogens is 3. The smallest absolute Gasteiger partial charge is 0.113 e. The highest BCUT2D eigenvalue weighted by molar-refractivity contribution is 5.30. The van der Waals surface area contributed by atoms with E-state index in [-0.39, 0.29) is 0 Å². The van der Waals surface area contributed by atoms with Gasteiger partial charge in [-0.05, 0) is 25.1 Å². The third-order valence-electron chi connectivity index (χ3n) is 1.60. The van der Waals surface area contributed by atoms with E-state index in [1.54, 1.807) is 16.9 Å². The highest BCUT2D eigenvalue weighted by atomic mass is 15.3. The molecule has 0 saturated heterocycles. The highest BCUT2D eigenvalue weighted by Crippen LogP contribution is 2.05. The largest absolute Gasteiger partial charge is 0.261 e. The van der Waals surface area contributed by atoms with Crippen molar-refractivity contribution in [3.63, 3.8) is 0 Å². The molecule has 0 atom stereocenters. The van der Waals surface area contributed by atoms with Crippen molar-refractivity contribution in [2.24, 2.45) is 0 Å². The van der Waals surface area contributed by atoms with Crippen LogP contribution in [0.5, 0.6) is 0 Å². The topological polar surface area (TPSA) is 30.7 Å². The molecule has 0 unspecified atom stereocenters. The van der Waals surface area contributed by atoms with Crippen LogP contribution in [0.3, 0.4) is 0 Å². The van der Waals surface area contributed by atoms with E-state index < -0.39 is 0 Å². The third kappa shape index (κ3) is 1.21. The van der Waals surface area contributed by atoms with E-state index in [2.05, 4.69) is 16.3 Å². The van der Waals surface area contributed by atoms with E-state index in [1.807, 2.05) is 25.3 Å². The second kappa shape index (κ2) is 2.77. The SMILES string of the molecule is Cc1cc(-n2cc[c]n2)ccn1. The molecule has 2 aromatic rings. The lowest BCUT2D eigenvalue weighted by Crippen LogP contribution is -1.94. The molecule has 59 valence electrons. The summed E-state index contributed by atoms with van der Waals surface area (Å²) in [5.74, 6) is 0. The maximum absolute atomic E-state index is 4.10. The maximum atomic E-state index is 4.10. The molecule has 0 fully saturated rings. The molecule has 0 spiro atoms. The minimum atomic E-state index is 0.989. The Morgan fingerprint density at radius 1 is 1.50 bits per heavy atom. The highest BCUT2D eigenvalue weighted by Gasteiger charge is 1.94. The van der Waals surface area contributed by atoms with Crippen molar-refractivity contribution in [2.45, 2.75) is 6.92 Å². The Kier molecular flexibility index (Phi) is 1.63. The van der Waals surface area contributed by atoms with Crippen molar-refractivity contribution >= 4 is 0 Å². The fraction of sp³-hybridized carbons (Fsp3) is 0.111. The molecule has 0 aromatic carbocycles. The van der Waals surface area contributed by atoms with Crippen LogP contribution in [-0.4, -0.2) is 14.8 Å². The molecule has 2 aromatic heterocycles. The van der Waals surface area contributed by atoms with Gasteiger partial charge in [0.25, 0.3) is 0 Å². The Morgan fingerprint density at radius 3 is 3.08 bits per heavy atom. The molecule has 0 N–H and O–H groups in total. The zero-order valence-corrected chi connectivity index (χ0v) is 6.73. The summed E-state index contributed by atoms with van der Waals surface area (Å²) in [7, 11) is 0. The Bertz CT molecular complexity index is 365. The first-order chi connectivity index (χ1) is 5.86. The van der Waals surface area contributed by atoms with Gasteiger partial charge < -0.3 is 0 Å². The molecular formula is C9H8N3. The fourth-order valence-electron chi connectivity index (χ4n) is 1.05. The van der Waals surface area contributed by atoms with Crippen LogP contribution in [-0.2, 0) is 0 Å². The van der Waals surface area contributed by atoms with Crippen molar-refractivity contribution in [1.82, 2.24) is 14.8 Å². The van der Waals surface area contributed by atoms with Crippen LogP contribution in [0.15, 0.2) is 30.6 Å². The van der Waals surface area contributed by atoms with E-state index in [9.17, 15) is 0 Å². The van der Waals surface area contributed by atoms with E-state index in [0.717, 1.165) is 11.4 Å². The fourth-order valence-corrected chi connectivity index (χ4v) is 1.05. The Labute approximate surface area is 70.7 Å². The first-order valence-electron chi connectivity index (χ1n) is 3.71. The van der Waals surface area contributed by atoms with Crippen molar-refractivity contribution in [3.05, 3.63) is 42.5 Å². The molecule has 0 saturated carbocycles. The van der Waals surface area contributed by atoms with Gasteiger partial charge in [-0.15, -0.1) is 0 Å². The first kappa shape index (κ1) is 7.03. The van der Waals surface area contributed by atoms with Crippen molar-refractivity contribution in [2.75, 3.05) is 0 Å². The lowest BCUT2D eigenvalue weighted by atomic mass is 10.3. The molecule has 12 heavy (non-hydrogen) atoms. The predicted molar refractivity (Wildman–Crippen MR) is 44.9 cm³/mol. The van der Waals surface area contributed by atoms with Gasteiger partial charge in [-0.2, -0.15) is 5.10 Å². The number of rotatable bonds is 1. The molecular weight excluding hydrogens is 150 g/mol. The molecule has 3 heteroatoms. The second-order valence-electron chi connectivity index (χ2n) is 2.54. The molecule has 2 heterocycles. The van der Waals surface area contributed by atoms with Gasteiger partial charge >= 0.3 is 0 Å². The molecule has 0 amide bonds. The van der Waals surface area contributed by atoms with Gasteiger partial charge in [0.15, 0.2) is 0 Å². The third-order valence-corrected chi connectivity index (χ3v) is 1.60. The molecule has 2 rings (SSSR count). The Morgan fingerprint density at radius 2 is 2.42 bits per heavy atom. The minimum absolute atomic E-state index is 0.989. The minimum Gasteiger partial charge on any atom is -0.261 e. The van der Waals surface area contributed by atoms with Gasteiger partial charge in [0, 0.05) is 18.1 Å². The van der Waals surface area contributed by atoms with Gasteiger partial charge in [-0.25, -0.2) is 4.68 Å². The van der Waals surface area contributed by atoms with Gasteiger partial charge in [0.1, 0.15) is 6.20 Å². The van der Waals surface area contributed by atoms with Gasteiger partial charge in [-0.3, -0.25) is 4.98 Å². The number of aryl methyl sites for hydroxylation is 1. The van der Waals surface area contributed by atoms with Crippen LogP contribution < -0.4 is 0 Å². The van der Waals surface area contributed by atoms with Crippen LogP contribution in [0.4, 0.5) is 0 Å². The standard InChI is InChI=1S/C9H8N3/c1-8-7-9(3-5-10-8)12-6-2-4-11-12/h2-3,5-7H,1H3. The van der Waals surface area contributed by atoms with E-state index in [0.29, 0.717) is 0 Å². The van der Waals surface area contributed by atoms with Crippen LogP contribution in [0.2, 0.25) is 0 Å². The maximum Gasteiger partial charge on any atom is 0.113 e. The van der Waals surface area contributed by atoms with Gasteiger partial charge in [0.2, 0.25) is 0 Å². The van der Waals surface area contributed by atoms with Crippen molar-refractivity contribution in [1.29, 1.82) is 0 Å². The molecule has 0 aliphatic heterocycles. The lowest BCUT2D eigenvalue weighted by molar-refractivity contribution is 0.871. The number of nitrogens with zero attached hydrogens (tertiary/aromatic N) is 3. The van der Waals surface area contributed by atoms with Crippen LogP contribution in [0.25, 0.3) is 5.69 Å². The lowest BCUT2D eigenvalue weighted by Gasteiger charge is -2.00. The van der Waals surface area contributed by atoms with E-state index >= 15 is 0 Å². The molecule has 1 radical (unpaired) electrons. The summed E-state index contributed by atoms with van der Waals surface area (Å²) in [5, 5.41) is 3.99. The quantitative estimate of drug-likeness (QED) is 0.627. The first-order valence-corrected chi connectivity index (χ1v) is 3.71. The van der Waals surface area contributed by atoms with Gasteiger partial charge in [0.05, 0.1) is 5.69 Å². The zero-order valence-electron chi connectivity index (χ0n) is 6.73. The summed E-state index contributed by atoms with van der Waals surface area (Å²) in [5.41, 5.74) is 2.01. The van der Waals surface area contributed by atoms with E-state index in [1.165, 1.54) is 0 Å². The van der Waals surface area contributed by atoms with Crippen LogP contribution >= 0.6 is 0 Å². The molecule has 0 bridgehead atoms. The summed E-state index contributed by atoms with van der Waals surface area (Å²) in [4.78, 5) is 4.10. The van der Waals surface area contributed by atoms with Crippen LogP contribution in [0.1, 0.15) is 5.69 Å². The Balaban J connectivity index is 2.48. The number of hydrogen-bond donors (Lipinski definition) is 0.